The van der Waals surface area contributed by atoms with Crippen LogP contribution in [0.5, 0.6) is 23.0 Å². The van der Waals surface area contributed by atoms with E-state index in [1.807, 2.05) is 19.9 Å². The number of nitrogens with one attached hydrogen (secondary N) is 1. The van der Waals surface area contributed by atoms with Crippen LogP contribution in [-0.4, -0.2) is 24.3 Å². The van der Waals surface area contributed by atoms with Gasteiger partial charge in [-0.25, -0.2) is 4.79 Å². The van der Waals surface area contributed by atoms with Crippen LogP contribution < -0.4 is 19.5 Å². The number of esters is 1. The number of rotatable bonds is 6. The lowest BCUT2D eigenvalue weighted by atomic mass is 10.1. The van der Waals surface area contributed by atoms with E-state index in [0.29, 0.717) is 47.3 Å². The highest BCUT2D eigenvalue weighted by Crippen LogP contribution is 2.41. The molecule has 0 atom stereocenters. The molecule has 0 radical (unpaired) electrons. The predicted molar refractivity (Wildman–Crippen MR) is 94.1 cm³/mol. The molecule has 0 fully saturated rings. The van der Waals surface area contributed by atoms with Crippen LogP contribution in [0.4, 0.5) is 5.69 Å². The third-order valence-corrected chi connectivity index (χ3v) is 3.63. The van der Waals surface area contributed by atoms with Crippen LogP contribution in [0.1, 0.15) is 19.4 Å². The molecule has 0 saturated heterocycles. The molecule has 2 aromatic rings. The smallest absolute Gasteiger partial charge is 0.345 e. The van der Waals surface area contributed by atoms with Gasteiger partial charge in [-0.05, 0) is 32.0 Å². The summed E-state index contributed by atoms with van der Waals surface area (Å²) in [6.07, 6.45) is 1.58. The van der Waals surface area contributed by atoms with Gasteiger partial charge in [-0.3, -0.25) is 0 Å². The number of para-hydroxylation sites is 1. The lowest BCUT2D eigenvalue weighted by Gasteiger charge is -2.08. The molecule has 1 aliphatic heterocycles. The highest BCUT2D eigenvalue weighted by atomic mass is 16.6. The molecule has 1 heterocycles. The van der Waals surface area contributed by atoms with Gasteiger partial charge >= 0.3 is 5.97 Å². The van der Waals surface area contributed by atoms with Crippen molar-refractivity contribution in [2.24, 2.45) is 0 Å². The predicted octanol–water partition coefficient (Wildman–Crippen LogP) is 3.56. The number of anilines is 1. The standard InChI is InChI=1S/C19H19NO5/c1-3-23-16-7-5-6-13-14(19(22)25-18(13)16)11-20-12-8-9-15(21)17(10-12)24-4-2/h5-11,20-21H,3-4H2,1-2H3/b14-11-. The molecule has 6 nitrogen and oxygen atoms in total. The fourth-order valence-corrected chi connectivity index (χ4v) is 2.53. The van der Waals surface area contributed by atoms with Crippen LogP contribution in [0.2, 0.25) is 0 Å². The molecule has 2 aromatic carbocycles. The molecule has 0 aliphatic carbocycles. The van der Waals surface area contributed by atoms with E-state index < -0.39 is 5.97 Å². The Hall–Kier alpha value is -3.15. The average Bonchev–Trinajstić information content (AvgIpc) is 2.92. The summed E-state index contributed by atoms with van der Waals surface area (Å²) in [5, 5.41) is 12.8. The minimum Gasteiger partial charge on any atom is -0.504 e. The first-order valence-corrected chi connectivity index (χ1v) is 8.05. The van der Waals surface area contributed by atoms with Crippen LogP contribution in [0.15, 0.2) is 42.6 Å². The Morgan fingerprint density at radius 1 is 1.12 bits per heavy atom. The maximum absolute atomic E-state index is 12.2. The fraction of sp³-hybridized carbons (Fsp3) is 0.211. The van der Waals surface area contributed by atoms with E-state index in [9.17, 15) is 9.90 Å². The molecule has 6 heteroatoms. The fourth-order valence-electron chi connectivity index (χ4n) is 2.53. The summed E-state index contributed by atoms with van der Waals surface area (Å²) in [5.41, 5.74) is 1.76. The Morgan fingerprint density at radius 2 is 1.88 bits per heavy atom. The van der Waals surface area contributed by atoms with Crippen molar-refractivity contribution < 1.29 is 24.1 Å². The Bertz CT molecular complexity index is 829. The van der Waals surface area contributed by atoms with E-state index in [-0.39, 0.29) is 5.75 Å². The number of hydrogen-bond acceptors (Lipinski definition) is 6. The van der Waals surface area contributed by atoms with Gasteiger partial charge in [-0.2, -0.15) is 0 Å². The molecular formula is C19H19NO5. The number of phenolic OH excluding ortho intramolecular Hbond substituents is 1. The summed E-state index contributed by atoms with van der Waals surface area (Å²) in [4.78, 5) is 12.2. The zero-order chi connectivity index (χ0) is 17.8. The number of carbonyl (C=O) groups is 1. The van der Waals surface area contributed by atoms with E-state index in [1.54, 1.807) is 30.5 Å². The summed E-state index contributed by atoms with van der Waals surface area (Å²) < 4.78 is 16.2. The minimum absolute atomic E-state index is 0.0621. The van der Waals surface area contributed by atoms with Gasteiger partial charge in [0.2, 0.25) is 0 Å². The maximum Gasteiger partial charge on any atom is 0.345 e. The van der Waals surface area contributed by atoms with E-state index in [1.165, 1.54) is 6.07 Å². The lowest BCUT2D eigenvalue weighted by Crippen LogP contribution is -2.03. The minimum atomic E-state index is -0.446. The SMILES string of the molecule is CCOc1cc(N/C=C2\C(=O)Oc3c(OCC)cccc32)ccc1O. The third kappa shape index (κ3) is 3.38. The number of benzene rings is 2. The van der Waals surface area contributed by atoms with Crippen molar-refractivity contribution in [3.63, 3.8) is 0 Å². The van der Waals surface area contributed by atoms with Crippen LogP contribution in [-0.2, 0) is 4.79 Å². The summed E-state index contributed by atoms with van der Waals surface area (Å²) in [5.74, 6) is 0.965. The number of phenols is 1. The number of carbonyl (C=O) groups excluding carboxylic acids is 1. The molecule has 0 amide bonds. The first kappa shape index (κ1) is 16.7. The molecule has 0 bridgehead atoms. The normalized spacial score (nSPS) is 14.2. The molecule has 3 rings (SSSR count). The number of hydrogen-bond donors (Lipinski definition) is 2. The molecule has 1 aliphatic rings. The van der Waals surface area contributed by atoms with E-state index in [4.69, 9.17) is 14.2 Å². The van der Waals surface area contributed by atoms with Crippen molar-refractivity contribution in [1.29, 1.82) is 0 Å². The molecule has 0 aromatic heterocycles. The summed E-state index contributed by atoms with van der Waals surface area (Å²) in [6.45, 7) is 4.63. The number of aromatic hydroxyl groups is 1. The van der Waals surface area contributed by atoms with Crippen molar-refractivity contribution in [3.05, 3.63) is 48.2 Å². The second-order valence-corrected chi connectivity index (χ2v) is 5.27. The highest BCUT2D eigenvalue weighted by Gasteiger charge is 2.29. The quantitative estimate of drug-likeness (QED) is 0.362. The van der Waals surface area contributed by atoms with Gasteiger partial charge in [0, 0.05) is 23.5 Å². The van der Waals surface area contributed by atoms with Crippen LogP contribution in [0, 0.1) is 0 Å². The number of fused-ring (bicyclic) bond motifs is 1. The van der Waals surface area contributed by atoms with Crippen molar-refractivity contribution in [2.45, 2.75) is 13.8 Å². The number of ether oxygens (including phenoxy) is 3. The summed E-state index contributed by atoms with van der Waals surface area (Å²) >= 11 is 0. The second kappa shape index (κ2) is 7.17. The van der Waals surface area contributed by atoms with Crippen molar-refractivity contribution >= 4 is 17.2 Å². The summed E-state index contributed by atoms with van der Waals surface area (Å²) in [6, 6.07) is 10.3. The Kier molecular flexibility index (Phi) is 4.79. The Balaban J connectivity index is 1.87. The van der Waals surface area contributed by atoms with Gasteiger partial charge in [-0.1, -0.05) is 12.1 Å². The third-order valence-electron chi connectivity index (χ3n) is 3.63. The molecule has 0 unspecified atom stereocenters. The molecule has 2 N–H and O–H groups in total. The van der Waals surface area contributed by atoms with Gasteiger partial charge in [0.25, 0.3) is 0 Å². The van der Waals surface area contributed by atoms with Crippen molar-refractivity contribution in [3.8, 4) is 23.0 Å². The van der Waals surface area contributed by atoms with E-state index >= 15 is 0 Å². The van der Waals surface area contributed by atoms with Gasteiger partial charge in [0.15, 0.2) is 23.0 Å². The monoisotopic (exact) mass is 341 g/mol. The van der Waals surface area contributed by atoms with Crippen LogP contribution in [0.25, 0.3) is 5.57 Å². The highest BCUT2D eigenvalue weighted by molar-refractivity contribution is 6.22. The lowest BCUT2D eigenvalue weighted by molar-refractivity contribution is -0.127. The van der Waals surface area contributed by atoms with Gasteiger partial charge in [0.05, 0.1) is 18.8 Å². The zero-order valence-electron chi connectivity index (χ0n) is 14.0. The molecule has 0 saturated carbocycles. The van der Waals surface area contributed by atoms with Crippen molar-refractivity contribution in [2.75, 3.05) is 18.5 Å². The Labute approximate surface area is 145 Å². The van der Waals surface area contributed by atoms with E-state index in [0.717, 1.165) is 0 Å². The van der Waals surface area contributed by atoms with Crippen LogP contribution in [0.3, 0.4) is 0 Å². The van der Waals surface area contributed by atoms with Gasteiger partial charge < -0.3 is 24.6 Å². The van der Waals surface area contributed by atoms with Crippen molar-refractivity contribution in [1.82, 2.24) is 0 Å². The Morgan fingerprint density at radius 3 is 2.64 bits per heavy atom. The van der Waals surface area contributed by atoms with Gasteiger partial charge in [0.1, 0.15) is 0 Å². The average molecular weight is 341 g/mol. The van der Waals surface area contributed by atoms with E-state index in [2.05, 4.69) is 5.32 Å². The zero-order valence-corrected chi connectivity index (χ0v) is 14.0. The molecule has 0 spiro atoms. The largest absolute Gasteiger partial charge is 0.504 e. The molecule has 25 heavy (non-hydrogen) atoms. The molecular weight excluding hydrogens is 322 g/mol. The second-order valence-electron chi connectivity index (χ2n) is 5.27. The summed E-state index contributed by atoms with van der Waals surface area (Å²) in [7, 11) is 0. The van der Waals surface area contributed by atoms with Gasteiger partial charge in [-0.15, -0.1) is 0 Å². The maximum atomic E-state index is 12.2. The topological polar surface area (TPSA) is 77.0 Å². The first-order chi connectivity index (χ1) is 12.1. The molecule has 130 valence electrons. The first-order valence-electron chi connectivity index (χ1n) is 8.05. The van der Waals surface area contributed by atoms with Crippen LogP contribution >= 0.6 is 0 Å².